The number of carbonyl (C=O) groups is 3. The van der Waals surface area contributed by atoms with Gasteiger partial charge in [-0.3, -0.25) is 0 Å². The van der Waals surface area contributed by atoms with Crippen LogP contribution in [0.3, 0.4) is 0 Å². The van der Waals surface area contributed by atoms with E-state index in [1.807, 2.05) is 0 Å². The second kappa shape index (κ2) is 23.3. The van der Waals surface area contributed by atoms with Gasteiger partial charge in [0.05, 0.1) is 37.7 Å². The van der Waals surface area contributed by atoms with Crippen LogP contribution >= 0.6 is 0 Å². The number of hydrogen-bond acceptors (Lipinski definition) is 21. The zero-order valence-corrected chi connectivity index (χ0v) is 23.6. The van der Waals surface area contributed by atoms with Crippen LogP contribution in [0.15, 0.2) is 0 Å². The first kappa shape index (κ1) is 45.7. The zero-order valence-electron chi connectivity index (χ0n) is 20.3. The molecule has 0 aliphatic heterocycles. The molecular weight excluding hydrogens is 667 g/mol. The smallest absolute Gasteiger partial charge is 0.547 e. The Hall–Kier alpha value is -1.32. The first-order chi connectivity index (χ1) is 17.7. The van der Waals surface area contributed by atoms with E-state index in [1.54, 1.807) is 0 Å². The third-order valence-electron chi connectivity index (χ3n) is 4.49. The van der Waals surface area contributed by atoms with Crippen molar-refractivity contribution in [2.24, 2.45) is 0 Å². The van der Waals surface area contributed by atoms with Crippen LogP contribution in [0, 0.1) is 0 Å². The van der Waals surface area contributed by atoms with Gasteiger partial charge in [-0.05, 0) is 0 Å². The van der Waals surface area contributed by atoms with Gasteiger partial charge in [0.25, 0.3) is 0 Å². The molecular formula is C18H33InO21. The summed E-state index contributed by atoms with van der Waals surface area (Å²) in [6.45, 7) is -2.59. The molecule has 0 amide bonds. The van der Waals surface area contributed by atoms with Gasteiger partial charge in [0.15, 0.2) is 0 Å². The fourth-order valence-electron chi connectivity index (χ4n) is 1.99. The number of rotatable bonds is 15. The van der Waals surface area contributed by atoms with Crippen molar-refractivity contribution in [2.75, 3.05) is 19.8 Å². The Morgan fingerprint density at radius 2 is 0.550 bits per heavy atom. The van der Waals surface area contributed by atoms with Gasteiger partial charge >= 0.3 is 25.8 Å². The summed E-state index contributed by atoms with van der Waals surface area (Å²) in [6, 6.07) is 0. The maximum Gasteiger partial charge on any atom is 3.00 e. The summed E-state index contributed by atoms with van der Waals surface area (Å²) in [4.78, 5) is 29.9. The van der Waals surface area contributed by atoms with Gasteiger partial charge < -0.3 is 106 Å². The van der Waals surface area contributed by atoms with Crippen molar-refractivity contribution in [3.63, 3.8) is 0 Å². The van der Waals surface area contributed by atoms with E-state index in [0.717, 1.165) is 0 Å². The standard InChI is InChI=1S/3C6H12O7.In/c3*7-1-2(8)3(9)4(10)5(11)6(12)13;/h3*2-5,7-11H,1H2,(H,12,13);/q;;;+3/p-3. The quantitative estimate of drug-likeness (QED) is 0.0754. The third kappa shape index (κ3) is 16.8. The summed E-state index contributed by atoms with van der Waals surface area (Å²) >= 11 is 0. The number of carbonyl (C=O) groups excluding carboxylic acids is 3. The molecule has 0 spiro atoms. The van der Waals surface area contributed by atoms with E-state index in [-0.39, 0.29) is 25.8 Å². The van der Waals surface area contributed by atoms with Crippen LogP contribution in [0.25, 0.3) is 0 Å². The number of hydrogen-bond donors (Lipinski definition) is 15. The number of carboxylic acids is 3. The van der Waals surface area contributed by atoms with E-state index >= 15 is 0 Å². The van der Waals surface area contributed by atoms with Gasteiger partial charge in [-0.2, -0.15) is 0 Å². The normalized spacial score (nSPS) is 19.9. The van der Waals surface area contributed by atoms with Crippen LogP contribution in [0.2, 0.25) is 0 Å². The van der Waals surface area contributed by atoms with Crippen molar-refractivity contribution in [1.82, 2.24) is 0 Å². The molecule has 0 fully saturated rings. The average molecular weight is 700 g/mol. The maximum absolute atomic E-state index is 9.98. The van der Waals surface area contributed by atoms with Crippen LogP contribution in [-0.2, 0) is 14.4 Å². The molecule has 21 nitrogen and oxygen atoms in total. The number of aliphatic carboxylic acids is 3. The zero-order chi connectivity index (χ0) is 31.8. The van der Waals surface area contributed by atoms with E-state index in [0.29, 0.717) is 0 Å². The summed E-state index contributed by atoms with van der Waals surface area (Å²) in [5, 5.41) is 160. The maximum atomic E-state index is 9.98. The van der Waals surface area contributed by atoms with Crippen LogP contribution < -0.4 is 15.3 Å². The minimum Gasteiger partial charge on any atom is -0.547 e. The molecule has 0 aliphatic rings. The molecule has 0 bridgehead atoms. The van der Waals surface area contributed by atoms with Gasteiger partial charge in [0, 0.05) is 0 Å². The molecule has 0 saturated heterocycles. The summed E-state index contributed by atoms with van der Waals surface area (Å²) in [7, 11) is 0. The van der Waals surface area contributed by atoms with Crippen molar-refractivity contribution in [1.29, 1.82) is 0 Å². The Kier molecular flexibility index (Phi) is 26.6. The Bertz CT molecular complexity index is 608. The molecule has 40 heavy (non-hydrogen) atoms. The first-order valence-electron chi connectivity index (χ1n) is 10.4. The Balaban J connectivity index is -0.000000240. The van der Waals surface area contributed by atoms with Crippen molar-refractivity contribution in [3.8, 4) is 0 Å². The summed E-state index contributed by atoms with van der Waals surface area (Å²) < 4.78 is 0. The summed E-state index contributed by atoms with van der Waals surface area (Å²) in [5.74, 6) is -5.93. The Labute approximate surface area is 243 Å². The van der Waals surface area contributed by atoms with E-state index in [9.17, 15) is 29.7 Å². The molecule has 0 rings (SSSR count). The fraction of sp³-hybridized carbons (Fsp3) is 0.833. The molecule has 0 aromatic carbocycles. The monoisotopic (exact) mass is 700 g/mol. The predicted octanol–water partition coefficient (Wildman–Crippen LogP) is -14.9. The van der Waals surface area contributed by atoms with E-state index in [4.69, 9.17) is 76.6 Å². The van der Waals surface area contributed by atoms with E-state index < -0.39 is 111 Å². The van der Waals surface area contributed by atoms with Gasteiger partial charge in [0.1, 0.15) is 73.2 Å². The number of aliphatic hydroxyl groups excluding tert-OH is 15. The van der Waals surface area contributed by atoms with E-state index in [1.165, 1.54) is 0 Å². The predicted molar refractivity (Wildman–Crippen MR) is 114 cm³/mol. The molecule has 12 atom stereocenters. The van der Waals surface area contributed by atoms with Gasteiger partial charge in [-0.1, -0.05) is 0 Å². The van der Waals surface area contributed by atoms with Gasteiger partial charge in [-0.15, -0.1) is 0 Å². The molecule has 0 radical (unpaired) electrons. The molecule has 234 valence electrons. The van der Waals surface area contributed by atoms with Crippen LogP contribution in [-0.4, -0.2) is 213 Å². The Morgan fingerprint density at radius 3 is 0.650 bits per heavy atom. The number of carboxylic acid groups (broad SMARTS) is 3. The molecule has 0 saturated carbocycles. The molecule has 0 aromatic heterocycles. The summed E-state index contributed by atoms with van der Waals surface area (Å²) in [5.41, 5.74) is 0. The molecule has 0 aliphatic carbocycles. The molecule has 0 aromatic rings. The van der Waals surface area contributed by atoms with Crippen molar-refractivity contribution < 1.29 is 106 Å². The van der Waals surface area contributed by atoms with Gasteiger partial charge in [-0.25, -0.2) is 0 Å². The summed E-state index contributed by atoms with van der Waals surface area (Å²) in [6.07, 6.45) is -24.2. The van der Waals surface area contributed by atoms with Crippen LogP contribution in [0.5, 0.6) is 0 Å². The van der Waals surface area contributed by atoms with Crippen LogP contribution in [0.1, 0.15) is 0 Å². The second-order valence-electron chi connectivity index (χ2n) is 7.48. The minimum atomic E-state index is -2.31. The van der Waals surface area contributed by atoms with Crippen molar-refractivity contribution >= 4 is 43.8 Å². The molecule has 15 N–H and O–H groups in total. The topological polar surface area (TPSA) is 424 Å². The fourth-order valence-corrected chi connectivity index (χ4v) is 1.99. The Morgan fingerprint density at radius 1 is 0.400 bits per heavy atom. The van der Waals surface area contributed by atoms with Gasteiger partial charge in [0.2, 0.25) is 0 Å². The third-order valence-corrected chi connectivity index (χ3v) is 4.49. The average Bonchev–Trinajstić information content (AvgIpc) is 2.92. The first-order valence-corrected chi connectivity index (χ1v) is 10.4. The van der Waals surface area contributed by atoms with Crippen molar-refractivity contribution in [2.45, 2.75) is 73.2 Å². The molecule has 12 unspecified atom stereocenters. The second-order valence-corrected chi connectivity index (χ2v) is 7.48. The van der Waals surface area contributed by atoms with Crippen LogP contribution in [0.4, 0.5) is 0 Å². The SMILES string of the molecule is O=C([O-])C(O)C(O)C(O)C(O)CO.O=C([O-])C(O)C(O)C(O)C(O)CO.O=C([O-])C(O)C(O)C(O)C(O)CO.[In+3]. The molecule has 0 heterocycles. The van der Waals surface area contributed by atoms with Crippen molar-refractivity contribution in [3.05, 3.63) is 0 Å². The minimum absolute atomic E-state index is 0. The number of aliphatic hydroxyl groups is 15. The molecule has 22 heteroatoms. The largest absolute Gasteiger partial charge is 3.00 e. The van der Waals surface area contributed by atoms with E-state index in [2.05, 4.69) is 0 Å².